The summed E-state index contributed by atoms with van der Waals surface area (Å²) < 4.78 is 5.41. The molecule has 0 spiro atoms. The Balaban J connectivity index is 1.12. The van der Waals surface area contributed by atoms with Crippen LogP contribution in [0.2, 0.25) is 0 Å². The minimum Gasteiger partial charge on any atom is -0.460 e. The highest BCUT2D eigenvalue weighted by atomic mass is 16.6. The Hall–Kier alpha value is -3.58. The fourth-order valence-corrected chi connectivity index (χ4v) is 6.04. The van der Waals surface area contributed by atoms with Crippen molar-refractivity contribution in [3.8, 4) is 22.5 Å². The van der Waals surface area contributed by atoms with E-state index in [2.05, 4.69) is 41.2 Å². The Bertz CT molecular complexity index is 1350. The van der Waals surface area contributed by atoms with Crippen molar-refractivity contribution >= 4 is 11.9 Å². The van der Waals surface area contributed by atoms with Crippen molar-refractivity contribution in [2.75, 3.05) is 13.1 Å². The van der Waals surface area contributed by atoms with Gasteiger partial charge < -0.3 is 15.4 Å². The molecule has 2 heterocycles. The van der Waals surface area contributed by atoms with E-state index in [9.17, 15) is 9.59 Å². The molecule has 1 atom stereocenters. The first-order valence-corrected chi connectivity index (χ1v) is 15.4. The van der Waals surface area contributed by atoms with Gasteiger partial charge in [-0.2, -0.15) is 0 Å². The molecular weight excluding hydrogens is 524 g/mol. The molecule has 5 rings (SSSR count). The fraction of sp³-hybridized carbons (Fsp3) is 0.486. The molecule has 42 heavy (non-hydrogen) atoms. The lowest BCUT2D eigenvalue weighted by atomic mass is 9.78. The number of hydrogen-bond donors (Lipinski definition) is 1. The van der Waals surface area contributed by atoms with Gasteiger partial charge in [-0.1, -0.05) is 61.9 Å². The van der Waals surface area contributed by atoms with Crippen LogP contribution in [0, 0.1) is 11.8 Å². The van der Waals surface area contributed by atoms with Gasteiger partial charge in [0.05, 0.1) is 12.0 Å². The largest absolute Gasteiger partial charge is 0.460 e. The number of likely N-dealkylation sites (tertiary alicyclic amines) is 1. The van der Waals surface area contributed by atoms with Gasteiger partial charge in [0.15, 0.2) is 5.82 Å². The van der Waals surface area contributed by atoms with Gasteiger partial charge in [-0.05, 0) is 81.4 Å². The van der Waals surface area contributed by atoms with Crippen molar-refractivity contribution in [2.24, 2.45) is 17.6 Å². The standard InChI is InChI=1S/C35H44N4O3/c1-5-23-6-10-25(11-7-23)26-14-16-27(17-15-26)29-19-37-32(38-20-29)28-12-8-24(9-13-28)18-31(36)33(40)39-21-30(22-39)34(41)42-35(2,3)4/h8-9,12-17,19-20,23,25,30-31H,5-7,10-11,18,21-22,36H2,1-4H3/t23-,25-,31-/m0/s1. The van der Waals surface area contributed by atoms with Crippen molar-refractivity contribution in [3.63, 3.8) is 0 Å². The van der Waals surface area contributed by atoms with Gasteiger partial charge in [0, 0.05) is 36.6 Å². The number of carbonyl (C=O) groups is 2. The van der Waals surface area contributed by atoms with E-state index in [0.717, 1.165) is 28.2 Å². The molecule has 222 valence electrons. The predicted octanol–water partition coefficient (Wildman–Crippen LogP) is 6.16. The first kappa shape index (κ1) is 29.9. The minimum atomic E-state index is -0.663. The van der Waals surface area contributed by atoms with E-state index in [1.54, 1.807) is 4.90 Å². The number of esters is 1. The van der Waals surface area contributed by atoms with Crippen LogP contribution in [-0.4, -0.2) is 51.5 Å². The molecule has 1 aromatic heterocycles. The van der Waals surface area contributed by atoms with Crippen LogP contribution in [0.25, 0.3) is 22.5 Å². The Morgan fingerprint density at radius 1 is 0.905 bits per heavy atom. The van der Waals surface area contributed by atoms with E-state index in [4.69, 9.17) is 10.5 Å². The van der Waals surface area contributed by atoms with Crippen LogP contribution in [0.1, 0.15) is 76.8 Å². The molecule has 1 aliphatic carbocycles. The van der Waals surface area contributed by atoms with Gasteiger partial charge in [-0.25, -0.2) is 9.97 Å². The van der Waals surface area contributed by atoms with Crippen LogP contribution in [0.3, 0.4) is 0 Å². The highest BCUT2D eigenvalue weighted by molar-refractivity contribution is 5.85. The molecule has 7 heteroatoms. The van der Waals surface area contributed by atoms with E-state index >= 15 is 0 Å². The van der Waals surface area contributed by atoms with Crippen molar-refractivity contribution in [2.45, 2.75) is 83.8 Å². The second-order valence-corrected chi connectivity index (χ2v) is 13.0. The van der Waals surface area contributed by atoms with Crippen molar-refractivity contribution in [3.05, 3.63) is 72.1 Å². The number of aromatic nitrogens is 2. The van der Waals surface area contributed by atoms with Gasteiger partial charge in [0.2, 0.25) is 5.91 Å². The number of carbonyl (C=O) groups excluding carboxylic acids is 2. The quantitative estimate of drug-likeness (QED) is 0.327. The summed E-state index contributed by atoms with van der Waals surface area (Å²) >= 11 is 0. The molecular formula is C35H44N4O3. The Morgan fingerprint density at radius 2 is 1.50 bits per heavy atom. The zero-order valence-corrected chi connectivity index (χ0v) is 25.4. The maximum Gasteiger partial charge on any atom is 0.313 e. The highest BCUT2D eigenvalue weighted by Gasteiger charge is 2.39. The second kappa shape index (κ2) is 12.7. The molecule has 1 aliphatic heterocycles. The first-order chi connectivity index (χ1) is 20.1. The van der Waals surface area contributed by atoms with Gasteiger partial charge in [-0.3, -0.25) is 9.59 Å². The third kappa shape index (κ3) is 7.24. The Morgan fingerprint density at radius 3 is 2.07 bits per heavy atom. The van der Waals surface area contributed by atoms with Crippen LogP contribution in [0.5, 0.6) is 0 Å². The maximum absolute atomic E-state index is 12.8. The number of rotatable bonds is 8. The molecule has 2 aliphatic rings. The smallest absolute Gasteiger partial charge is 0.313 e. The number of amides is 1. The summed E-state index contributed by atoms with van der Waals surface area (Å²) in [6, 6.07) is 16.1. The summed E-state index contributed by atoms with van der Waals surface area (Å²) in [5.41, 5.74) is 11.1. The molecule has 1 saturated heterocycles. The van der Waals surface area contributed by atoms with Gasteiger partial charge in [-0.15, -0.1) is 0 Å². The molecule has 0 bridgehead atoms. The number of nitrogens with two attached hydrogens (primary N) is 1. The molecule has 3 aromatic rings. The predicted molar refractivity (Wildman–Crippen MR) is 165 cm³/mol. The topological polar surface area (TPSA) is 98.4 Å². The van der Waals surface area contributed by atoms with Crippen LogP contribution in [-0.2, 0) is 20.7 Å². The van der Waals surface area contributed by atoms with Crippen LogP contribution >= 0.6 is 0 Å². The summed E-state index contributed by atoms with van der Waals surface area (Å²) in [5, 5.41) is 0. The monoisotopic (exact) mass is 568 g/mol. The van der Waals surface area contributed by atoms with E-state index in [0.29, 0.717) is 31.3 Å². The Labute approximate surface area is 249 Å². The van der Waals surface area contributed by atoms with Gasteiger partial charge >= 0.3 is 5.97 Å². The minimum absolute atomic E-state index is 0.144. The van der Waals surface area contributed by atoms with Gasteiger partial charge in [0.1, 0.15) is 5.60 Å². The summed E-state index contributed by atoms with van der Waals surface area (Å²) in [6.45, 7) is 8.55. The lowest BCUT2D eigenvalue weighted by molar-refractivity contribution is -0.168. The summed E-state index contributed by atoms with van der Waals surface area (Å²) in [4.78, 5) is 35.8. The van der Waals surface area contributed by atoms with Crippen LogP contribution in [0.4, 0.5) is 0 Å². The number of ether oxygens (including phenoxy) is 1. The van der Waals surface area contributed by atoms with E-state index in [-0.39, 0.29) is 17.8 Å². The fourth-order valence-electron chi connectivity index (χ4n) is 6.04. The van der Waals surface area contributed by atoms with E-state index in [1.807, 2.05) is 57.4 Å². The number of nitrogens with zero attached hydrogens (tertiary/aromatic N) is 3. The van der Waals surface area contributed by atoms with Crippen LogP contribution in [0.15, 0.2) is 60.9 Å². The number of benzene rings is 2. The SMILES string of the molecule is CC[C@H]1CC[C@H](c2ccc(-c3cnc(-c4ccc(C[C@H](N)C(=O)N5CC(C(=O)OC(C)(C)C)C5)cc4)nc3)cc2)CC1. The Kier molecular flexibility index (Phi) is 9.07. The van der Waals surface area contributed by atoms with Crippen molar-refractivity contribution in [1.29, 1.82) is 0 Å². The lowest BCUT2D eigenvalue weighted by Gasteiger charge is -2.40. The zero-order valence-electron chi connectivity index (χ0n) is 25.4. The van der Waals surface area contributed by atoms with Crippen LogP contribution < -0.4 is 5.73 Å². The molecule has 2 N–H and O–H groups in total. The first-order valence-electron chi connectivity index (χ1n) is 15.4. The normalized spacial score (nSPS) is 20.1. The molecule has 0 unspecified atom stereocenters. The van der Waals surface area contributed by atoms with E-state index < -0.39 is 11.6 Å². The highest BCUT2D eigenvalue weighted by Crippen LogP contribution is 2.37. The average molecular weight is 569 g/mol. The van der Waals surface area contributed by atoms with Gasteiger partial charge in [0.25, 0.3) is 0 Å². The molecule has 2 aromatic carbocycles. The van der Waals surface area contributed by atoms with Crippen molar-refractivity contribution < 1.29 is 14.3 Å². The number of hydrogen-bond acceptors (Lipinski definition) is 6. The molecule has 1 amide bonds. The third-order valence-corrected chi connectivity index (χ3v) is 8.71. The van der Waals surface area contributed by atoms with Crippen molar-refractivity contribution in [1.82, 2.24) is 14.9 Å². The molecule has 1 saturated carbocycles. The lowest BCUT2D eigenvalue weighted by Crippen LogP contribution is -2.58. The maximum atomic E-state index is 12.8. The summed E-state index contributed by atoms with van der Waals surface area (Å²) in [6.07, 6.45) is 10.8. The summed E-state index contributed by atoms with van der Waals surface area (Å²) in [7, 11) is 0. The van der Waals surface area contributed by atoms with E-state index in [1.165, 1.54) is 37.7 Å². The average Bonchev–Trinajstić information content (AvgIpc) is 2.96. The third-order valence-electron chi connectivity index (χ3n) is 8.71. The molecule has 7 nitrogen and oxygen atoms in total. The molecule has 2 fully saturated rings. The summed E-state index contributed by atoms with van der Waals surface area (Å²) in [5.74, 6) is 1.57. The zero-order chi connectivity index (χ0) is 29.9. The molecule has 0 radical (unpaired) electrons. The second-order valence-electron chi connectivity index (χ2n) is 13.0.